The van der Waals surface area contributed by atoms with Gasteiger partial charge in [-0.25, -0.2) is 4.98 Å². The SMILES string of the molecule is Nc1cc2ccc3scnc3c2s1. The third-order valence-electron chi connectivity index (χ3n) is 2.00. The van der Waals surface area contributed by atoms with Crippen molar-refractivity contribution in [2.24, 2.45) is 0 Å². The van der Waals surface area contributed by atoms with Crippen molar-refractivity contribution >= 4 is 48.0 Å². The third-order valence-corrected chi connectivity index (χ3v) is 3.78. The van der Waals surface area contributed by atoms with Gasteiger partial charge in [0.25, 0.3) is 0 Å². The van der Waals surface area contributed by atoms with E-state index in [0.29, 0.717) is 0 Å². The first-order chi connectivity index (χ1) is 6.34. The molecule has 0 unspecified atom stereocenters. The Morgan fingerprint density at radius 3 is 3.15 bits per heavy atom. The molecule has 0 spiro atoms. The lowest BCUT2D eigenvalue weighted by atomic mass is 10.2. The monoisotopic (exact) mass is 206 g/mol. The summed E-state index contributed by atoms with van der Waals surface area (Å²) in [6.07, 6.45) is 0. The van der Waals surface area contributed by atoms with E-state index in [4.69, 9.17) is 5.73 Å². The molecule has 0 radical (unpaired) electrons. The van der Waals surface area contributed by atoms with E-state index in [1.54, 1.807) is 22.7 Å². The van der Waals surface area contributed by atoms with Gasteiger partial charge in [0, 0.05) is 0 Å². The molecule has 0 fully saturated rings. The predicted molar refractivity (Wildman–Crippen MR) is 59.4 cm³/mol. The minimum atomic E-state index is 0.857. The fourth-order valence-electron chi connectivity index (χ4n) is 1.44. The van der Waals surface area contributed by atoms with Crippen LogP contribution in [-0.2, 0) is 0 Å². The fourth-order valence-corrected chi connectivity index (χ4v) is 3.12. The molecule has 0 aliphatic heterocycles. The lowest BCUT2D eigenvalue weighted by Gasteiger charge is -1.88. The van der Waals surface area contributed by atoms with Gasteiger partial charge in [0.05, 0.1) is 25.4 Å². The van der Waals surface area contributed by atoms with Crippen molar-refractivity contribution in [2.45, 2.75) is 0 Å². The van der Waals surface area contributed by atoms with Gasteiger partial charge in [0.1, 0.15) is 0 Å². The van der Waals surface area contributed by atoms with Crippen molar-refractivity contribution in [3.8, 4) is 0 Å². The maximum Gasteiger partial charge on any atom is 0.0990 e. The van der Waals surface area contributed by atoms with E-state index in [-0.39, 0.29) is 0 Å². The van der Waals surface area contributed by atoms with Crippen molar-refractivity contribution in [3.05, 3.63) is 23.7 Å². The van der Waals surface area contributed by atoms with Gasteiger partial charge < -0.3 is 5.73 Å². The van der Waals surface area contributed by atoms with E-state index < -0.39 is 0 Å². The van der Waals surface area contributed by atoms with E-state index >= 15 is 0 Å². The molecule has 0 amide bonds. The second kappa shape index (κ2) is 2.43. The number of rotatable bonds is 0. The summed E-state index contributed by atoms with van der Waals surface area (Å²) >= 11 is 3.27. The molecule has 3 aromatic rings. The number of nitrogen functional groups attached to an aromatic ring is 1. The van der Waals surface area contributed by atoms with Crippen LogP contribution in [0.4, 0.5) is 5.00 Å². The number of hydrogen-bond donors (Lipinski definition) is 1. The summed E-state index contributed by atoms with van der Waals surface area (Å²) in [5, 5.41) is 2.05. The first-order valence-corrected chi connectivity index (χ1v) is 5.55. The van der Waals surface area contributed by atoms with Crippen LogP contribution in [0.2, 0.25) is 0 Å². The van der Waals surface area contributed by atoms with Gasteiger partial charge in [0.15, 0.2) is 0 Å². The van der Waals surface area contributed by atoms with Crippen LogP contribution in [0.5, 0.6) is 0 Å². The number of anilines is 1. The maximum absolute atomic E-state index is 5.74. The van der Waals surface area contributed by atoms with Gasteiger partial charge in [-0.05, 0) is 17.5 Å². The zero-order valence-corrected chi connectivity index (χ0v) is 8.28. The minimum absolute atomic E-state index is 0.857. The Morgan fingerprint density at radius 1 is 1.31 bits per heavy atom. The van der Waals surface area contributed by atoms with Crippen molar-refractivity contribution < 1.29 is 0 Å². The van der Waals surface area contributed by atoms with Crippen molar-refractivity contribution in [2.75, 3.05) is 5.73 Å². The zero-order valence-electron chi connectivity index (χ0n) is 6.65. The fraction of sp³-hybridized carbons (Fsp3) is 0. The molecule has 0 aliphatic carbocycles. The highest BCUT2D eigenvalue weighted by molar-refractivity contribution is 7.24. The number of fused-ring (bicyclic) bond motifs is 3. The molecule has 13 heavy (non-hydrogen) atoms. The lowest BCUT2D eigenvalue weighted by Crippen LogP contribution is -1.72. The van der Waals surface area contributed by atoms with Crippen LogP contribution in [0.15, 0.2) is 23.7 Å². The molecule has 1 aromatic carbocycles. The molecule has 4 heteroatoms. The van der Waals surface area contributed by atoms with Crippen molar-refractivity contribution in [1.82, 2.24) is 4.98 Å². The second-order valence-corrected chi connectivity index (χ2v) is 4.80. The number of thiophene rings is 1. The van der Waals surface area contributed by atoms with Crippen LogP contribution in [0.1, 0.15) is 0 Å². The molecule has 0 aliphatic rings. The van der Waals surface area contributed by atoms with Crippen LogP contribution in [0, 0.1) is 0 Å². The number of aromatic nitrogens is 1. The Hall–Kier alpha value is -1.13. The highest BCUT2D eigenvalue weighted by atomic mass is 32.1. The van der Waals surface area contributed by atoms with Gasteiger partial charge in [-0.2, -0.15) is 0 Å². The topological polar surface area (TPSA) is 38.9 Å². The highest BCUT2D eigenvalue weighted by Gasteiger charge is 2.05. The molecule has 0 saturated carbocycles. The molecule has 0 atom stereocenters. The van der Waals surface area contributed by atoms with Crippen LogP contribution in [-0.4, -0.2) is 4.98 Å². The Morgan fingerprint density at radius 2 is 2.23 bits per heavy atom. The first kappa shape index (κ1) is 7.29. The van der Waals surface area contributed by atoms with Gasteiger partial charge in [0.2, 0.25) is 0 Å². The molecule has 2 nitrogen and oxygen atoms in total. The largest absolute Gasteiger partial charge is 0.391 e. The molecular formula is C9H6N2S2. The summed E-state index contributed by atoms with van der Waals surface area (Å²) in [4.78, 5) is 4.33. The Balaban J connectivity index is 2.64. The number of benzene rings is 1. The molecule has 2 heterocycles. The third kappa shape index (κ3) is 0.959. The summed E-state index contributed by atoms with van der Waals surface area (Å²) in [7, 11) is 0. The standard InChI is InChI=1S/C9H6N2S2/c10-7-3-5-1-2-6-8(9(5)13-7)11-4-12-6/h1-4H,10H2. The van der Waals surface area contributed by atoms with Gasteiger partial charge >= 0.3 is 0 Å². The second-order valence-electron chi connectivity index (χ2n) is 2.83. The van der Waals surface area contributed by atoms with Crippen LogP contribution in [0.25, 0.3) is 20.3 Å². The van der Waals surface area contributed by atoms with E-state index in [2.05, 4.69) is 17.1 Å². The molecule has 2 aromatic heterocycles. The smallest absolute Gasteiger partial charge is 0.0990 e. The quantitative estimate of drug-likeness (QED) is 0.614. The first-order valence-electron chi connectivity index (χ1n) is 3.86. The molecular weight excluding hydrogens is 200 g/mol. The van der Waals surface area contributed by atoms with Crippen molar-refractivity contribution in [1.29, 1.82) is 0 Å². The van der Waals surface area contributed by atoms with Gasteiger partial charge in [-0.15, -0.1) is 22.7 Å². The molecule has 64 valence electrons. The number of hydrogen-bond acceptors (Lipinski definition) is 4. The number of thiazole rings is 1. The van der Waals surface area contributed by atoms with E-state index in [0.717, 1.165) is 10.5 Å². The normalized spacial score (nSPS) is 11.4. The molecule has 0 saturated heterocycles. The van der Waals surface area contributed by atoms with Crippen LogP contribution in [0.3, 0.4) is 0 Å². The van der Waals surface area contributed by atoms with Crippen LogP contribution < -0.4 is 5.73 Å². The Bertz CT molecular complexity index is 579. The summed E-state index contributed by atoms with van der Waals surface area (Å²) in [5.41, 5.74) is 8.71. The van der Waals surface area contributed by atoms with Gasteiger partial charge in [-0.1, -0.05) is 6.07 Å². The highest BCUT2D eigenvalue weighted by Crippen LogP contribution is 2.34. The van der Waals surface area contributed by atoms with Crippen molar-refractivity contribution in [3.63, 3.8) is 0 Å². The molecule has 3 rings (SSSR count). The summed E-state index contributed by atoms with van der Waals surface area (Å²) in [5.74, 6) is 0. The van der Waals surface area contributed by atoms with E-state index in [1.165, 1.54) is 14.8 Å². The summed E-state index contributed by atoms with van der Waals surface area (Å²) in [6.45, 7) is 0. The average molecular weight is 206 g/mol. The summed E-state index contributed by atoms with van der Waals surface area (Å²) < 4.78 is 2.44. The molecule has 0 bridgehead atoms. The number of nitrogens with two attached hydrogens (primary N) is 1. The summed E-state index contributed by atoms with van der Waals surface area (Å²) in [6, 6.07) is 6.20. The Labute approximate surface area is 82.6 Å². The minimum Gasteiger partial charge on any atom is -0.391 e. The predicted octanol–water partition coefficient (Wildman–Crippen LogP) is 3.09. The van der Waals surface area contributed by atoms with E-state index in [9.17, 15) is 0 Å². The van der Waals surface area contributed by atoms with E-state index in [1.807, 2.05) is 11.6 Å². The Kier molecular flexibility index (Phi) is 1.36. The molecule has 2 N–H and O–H groups in total. The van der Waals surface area contributed by atoms with Crippen LogP contribution >= 0.6 is 22.7 Å². The lowest BCUT2D eigenvalue weighted by molar-refractivity contribution is 1.52. The maximum atomic E-state index is 5.74. The number of nitrogens with zero attached hydrogens (tertiary/aromatic N) is 1. The van der Waals surface area contributed by atoms with Gasteiger partial charge in [-0.3, -0.25) is 0 Å². The zero-order chi connectivity index (χ0) is 8.84. The average Bonchev–Trinajstić information content (AvgIpc) is 2.65.